The van der Waals surface area contributed by atoms with Crippen LogP contribution in [0.3, 0.4) is 0 Å². The highest BCUT2D eigenvalue weighted by atomic mass is 16.7. The summed E-state index contributed by atoms with van der Waals surface area (Å²) < 4.78 is 12.4. The Hall–Kier alpha value is -2.50. The maximum atomic E-state index is 11.9. The molecule has 0 atom stereocenters. The third-order valence-electron chi connectivity index (χ3n) is 3.58. The number of nitrogens with one attached hydrogen (secondary N) is 1. The summed E-state index contributed by atoms with van der Waals surface area (Å²) in [5, 5.41) is 7.26. The number of nitrogens with zero attached hydrogens (tertiary/aromatic N) is 2. The lowest BCUT2D eigenvalue weighted by atomic mass is 10.2. The second-order valence-electron chi connectivity index (χ2n) is 5.36. The van der Waals surface area contributed by atoms with E-state index in [0.717, 1.165) is 28.5 Å². The van der Waals surface area contributed by atoms with E-state index >= 15 is 0 Å². The Balaban J connectivity index is 1.49. The zero-order valence-electron chi connectivity index (χ0n) is 12.8. The van der Waals surface area contributed by atoms with Crippen LogP contribution in [0.2, 0.25) is 0 Å². The number of benzene rings is 1. The lowest BCUT2D eigenvalue weighted by Crippen LogP contribution is -2.24. The number of carbonyl (C=O) groups is 1. The fraction of sp³-hybridized carbons (Fsp3) is 0.375. The first-order valence-corrected chi connectivity index (χ1v) is 7.28. The molecule has 0 radical (unpaired) electrons. The highest BCUT2D eigenvalue weighted by molar-refractivity contribution is 5.75. The van der Waals surface area contributed by atoms with Gasteiger partial charge in [-0.2, -0.15) is 5.10 Å². The van der Waals surface area contributed by atoms with Gasteiger partial charge in [-0.05, 0) is 37.6 Å². The van der Waals surface area contributed by atoms with Gasteiger partial charge in [-0.1, -0.05) is 6.07 Å². The summed E-state index contributed by atoms with van der Waals surface area (Å²) >= 11 is 0. The first-order chi connectivity index (χ1) is 10.6. The maximum Gasteiger partial charge on any atom is 0.231 e. The van der Waals surface area contributed by atoms with Crippen LogP contribution in [0.25, 0.3) is 0 Å². The van der Waals surface area contributed by atoms with Crippen molar-refractivity contribution in [3.63, 3.8) is 0 Å². The molecule has 0 fully saturated rings. The van der Waals surface area contributed by atoms with E-state index in [-0.39, 0.29) is 12.7 Å². The predicted molar refractivity (Wildman–Crippen MR) is 80.7 cm³/mol. The molecule has 0 saturated carbocycles. The Morgan fingerprint density at radius 3 is 2.86 bits per heavy atom. The van der Waals surface area contributed by atoms with Gasteiger partial charge in [-0.15, -0.1) is 0 Å². The number of aromatic nitrogens is 2. The van der Waals surface area contributed by atoms with Crippen molar-refractivity contribution in [2.75, 3.05) is 6.79 Å². The normalized spacial score (nSPS) is 12.5. The van der Waals surface area contributed by atoms with Crippen molar-refractivity contribution in [3.05, 3.63) is 41.2 Å². The van der Waals surface area contributed by atoms with Crippen molar-refractivity contribution in [1.82, 2.24) is 15.1 Å². The standard InChI is InChI=1S/C16H19N3O3/c1-11-7-12(2)19(18-11)6-5-16(20)17-9-13-3-4-14-15(8-13)22-10-21-14/h3-4,7-8H,5-6,9-10H2,1-2H3,(H,17,20). The molecule has 1 aromatic heterocycles. The fourth-order valence-corrected chi connectivity index (χ4v) is 2.45. The molecule has 0 aliphatic carbocycles. The van der Waals surface area contributed by atoms with E-state index in [1.807, 2.05) is 42.8 Å². The number of carbonyl (C=O) groups excluding carboxylic acids is 1. The Labute approximate surface area is 129 Å². The summed E-state index contributed by atoms with van der Waals surface area (Å²) in [6, 6.07) is 7.68. The number of hydrogen-bond donors (Lipinski definition) is 1. The van der Waals surface area contributed by atoms with Gasteiger partial charge in [0.05, 0.1) is 5.69 Å². The zero-order valence-corrected chi connectivity index (χ0v) is 12.8. The molecule has 0 unspecified atom stereocenters. The minimum absolute atomic E-state index is 0.00483. The molecule has 6 nitrogen and oxygen atoms in total. The monoisotopic (exact) mass is 301 g/mol. The predicted octanol–water partition coefficient (Wildman–Crippen LogP) is 1.94. The molecule has 2 aromatic rings. The largest absolute Gasteiger partial charge is 0.454 e. The Kier molecular flexibility index (Phi) is 4.00. The molecule has 1 aliphatic heterocycles. The van der Waals surface area contributed by atoms with Crippen LogP contribution >= 0.6 is 0 Å². The van der Waals surface area contributed by atoms with Crippen molar-refractivity contribution in [2.45, 2.75) is 33.4 Å². The minimum atomic E-state index is 0.00483. The van der Waals surface area contributed by atoms with Gasteiger partial charge in [-0.25, -0.2) is 0 Å². The lowest BCUT2D eigenvalue weighted by Gasteiger charge is -2.07. The maximum absolute atomic E-state index is 11.9. The van der Waals surface area contributed by atoms with Crippen LogP contribution in [0, 0.1) is 13.8 Å². The number of rotatable bonds is 5. The second kappa shape index (κ2) is 6.09. The van der Waals surface area contributed by atoms with Crippen molar-refractivity contribution in [2.24, 2.45) is 0 Å². The van der Waals surface area contributed by atoms with E-state index in [0.29, 0.717) is 19.5 Å². The van der Waals surface area contributed by atoms with Crippen molar-refractivity contribution in [1.29, 1.82) is 0 Å². The first kappa shape index (κ1) is 14.4. The molecule has 0 spiro atoms. The van der Waals surface area contributed by atoms with Gasteiger partial charge in [0, 0.05) is 25.2 Å². The average Bonchev–Trinajstić information content (AvgIpc) is 3.08. The smallest absolute Gasteiger partial charge is 0.231 e. The lowest BCUT2D eigenvalue weighted by molar-refractivity contribution is -0.121. The molecule has 6 heteroatoms. The molecule has 0 saturated heterocycles. The summed E-state index contributed by atoms with van der Waals surface area (Å²) in [5.41, 5.74) is 3.03. The summed E-state index contributed by atoms with van der Waals surface area (Å²) in [7, 11) is 0. The first-order valence-electron chi connectivity index (χ1n) is 7.28. The number of hydrogen-bond acceptors (Lipinski definition) is 4. The van der Waals surface area contributed by atoms with Crippen molar-refractivity contribution < 1.29 is 14.3 Å². The van der Waals surface area contributed by atoms with Crippen molar-refractivity contribution in [3.8, 4) is 11.5 Å². The van der Waals surface area contributed by atoms with Crippen LogP contribution in [-0.2, 0) is 17.9 Å². The van der Waals surface area contributed by atoms with Gasteiger partial charge in [0.25, 0.3) is 0 Å². The Bertz CT molecular complexity index is 694. The molecule has 1 amide bonds. The highest BCUT2D eigenvalue weighted by Crippen LogP contribution is 2.32. The van der Waals surface area contributed by atoms with Crippen LogP contribution in [0.15, 0.2) is 24.3 Å². The Morgan fingerprint density at radius 2 is 2.09 bits per heavy atom. The van der Waals surface area contributed by atoms with E-state index in [1.54, 1.807) is 0 Å². The molecule has 1 N–H and O–H groups in total. The third-order valence-corrected chi connectivity index (χ3v) is 3.58. The molecule has 0 bridgehead atoms. The van der Waals surface area contributed by atoms with E-state index in [1.165, 1.54) is 0 Å². The number of aryl methyl sites for hydroxylation is 3. The number of amides is 1. The third kappa shape index (κ3) is 3.21. The summed E-state index contributed by atoms with van der Waals surface area (Å²) in [6.45, 7) is 5.26. The topological polar surface area (TPSA) is 65.4 Å². The quantitative estimate of drug-likeness (QED) is 0.916. The average molecular weight is 301 g/mol. The van der Waals surface area contributed by atoms with Crippen LogP contribution in [0.4, 0.5) is 0 Å². The second-order valence-corrected chi connectivity index (χ2v) is 5.36. The van der Waals surface area contributed by atoms with E-state index in [9.17, 15) is 4.79 Å². The highest BCUT2D eigenvalue weighted by Gasteiger charge is 2.13. The molecule has 2 heterocycles. The molecular formula is C16H19N3O3. The van der Waals surface area contributed by atoms with Crippen LogP contribution in [0.1, 0.15) is 23.4 Å². The minimum Gasteiger partial charge on any atom is -0.454 e. The summed E-state index contributed by atoms with van der Waals surface area (Å²) in [6.07, 6.45) is 0.409. The van der Waals surface area contributed by atoms with Gasteiger partial charge in [0.15, 0.2) is 11.5 Å². The molecule has 1 aromatic carbocycles. The van der Waals surface area contributed by atoms with E-state index < -0.39 is 0 Å². The molecule has 1 aliphatic rings. The fourth-order valence-electron chi connectivity index (χ4n) is 2.45. The van der Waals surface area contributed by atoms with Crippen LogP contribution < -0.4 is 14.8 Å². The van der Waals surface area contributed by atoms with Gasteiger partial charge in [0.2, 0.25) is 12.7 Å². The molecule has 22 heavy (non-hydrogen) atoms. The van der Waals surface area contributed by atoms with Crippen LogP contribution in [-0.4, -0.2) is 22.5 Å². The zero-order chi connectivity index (χ0) is 15.5. The van der Waals surface area contributed by atoms with E-state index in [4.69, 9.17) is 9.47 Å². The number of fused-ring (bicyclic) bond motifs is 1. The van der Waals surface area contributed by atoms with Gasteiger partial charge >= 0.3 is 0 Å². The van der Waals surface area contributed by atoms with Crippen molar-refractivity contribution >= 4 is 5.91 Å². The summed E-state index contributed by atoms with van der Waals surface area (Å²) in [4.78, 5) is 11.9. The van der Waals surface area contributed by atoms with Gasteiger partial charge in [0.1, 0.15) is 0 Å². The molecule has 3 rings (SSSR count). The van der Waals surface area contributed by atoms with Crippen LogP contribution in [0.5, 0.6) is 11.5 Å². The summed E-state index contributed by atoms with van der Waals surface area (Å²) in [5.74, 6) is 1.49. The van der Waals surface area contributed by atoms with Gasteiger partial charge in [-0.3, -0.25) is 9.48 Å². The van der Waals surface area contributed by atoms with Gasteiger partial charge < -0.3 is 14.8 Å². The number of ether oxygens (including phenoxy) is 2. The molecule has 116 valence electrons. The SMILES string of the molecule is Cc1cc(C)n(CCC(=O)NCc2ccc3c(c2)OCO3)n1. The molecular weight excluding hydrogens is 282 g/mol. The van der Waals surface area contributed by atoms with E-state index in [2.05, 4.69) is 10.4 Å². The Morgan fingerprint density at radius 1 is 1.27 bits per heavy atom.